The average molecular weight is 470 g/mol. The SMILES string of the molecule is Oc1cccc(C=C2c3ccccc3CCc3c2cccc3C(Br)Br)c1. The third kappa shape index (κ3) is 3.38. The average Bonchev–Trinajstić information content (AvgIpc) is 2.79. The standard InChI is InChI=1S/C23H18Br2O/c24-23(25)21-10-4-9-19-20(21)12-11-16-6-1-2-8-18(16)22(19)14-15-5-3-7-17(26)13-15/h1-10,13-14,23,26H,11-12H2. The summed E-state index contributed by atoms with van der Waals surface area (Å²) in [6, 6.07) is 22.6. The van der Waals surface area contributed by atoms with Crippen molar-refractivity contribution >= 4 is 43.5 Å². The lowest BCUT2D eigenvalue weighted by atomic mass is 9.91. The minimum absolute atomic E-state index is 0.133. The second kappa shape index (κ2) is 7.42. The molecule has 0 saturated carbocycles. The molecule has 0 amide bonds. The van der Waals surface area contributed by atoms with Crippen molar-refractivity contribution in [2.45, 2.75) is 16.6 Å². The lowest BCUT2D eigenvalue weighted by Crippen LogP contribution is -1.98. The first-order valence-electron chi connectivity index (χ1n) is 8.63. The van der Waals surface area contributed by atoms with Gasteiger partial charge in [0.2, 0.25) is 0 Å². The van der Waals surface area contributed by atoms with Crippen LogP contribution in [0.3, 0.4) is 0 Å². The summed E-state index contributed by atoms with van der Waals surface area (Å²) in [6.45, 7) is 0. The van der Waals surface area contributed by atoms with Crippen LogP contribution in [-0.2, 0) is 12.8 Å². The van der Waals surface area contributed by atoms with E-state index in [2.05, 4.69) is 80.4 Å². The first-order valence-corrected chi connectivity index (χ1v) is 10.5. The Labute approximate surface area is 170 Å². The minimum atomic E-state index is 0.133. The number of fused-ring (bicyclic) bond motifs is 2. The first-order chi connectivity index (χ1) is 12.6. The van der Waals surface area contributed by atoms with Crippen molar-refractivity contribution in [3.05, 3.63) is 100 Å². The Bertz CT molecular complexity index is 989. The lowest BCUT2D eigenvalue weighted by Gasteiger charge is -2.16. The topological polar surface area (TPSA) is 20.2 Å². The van der Waals surface area contributed by atoms with E-state index in [0.29, 0.717) is 0 Å². The van der Waals surface area contributed by atoms with Gasteiger partial charge in [-0.15, -0.1) is 0 Å². The van der Waals surface area contributed by atoms with Crippen molar-refractivity contribution in [1.82, 2.24) is 0 Å². The minimum Gasteiger partial charge on any atom is -0.508 e. The van der Waals surface area contributed by atoms with E-state index in [1.807, 2.05) is 18.2 Å². The maximum atomic E-state index is 9.86. The van der Waals surface area contributed by atoms with Gasteiger partial charge in [0.15, 0.2) is 0 Å². The molecule has 0 unspecified atom stereocenters. The maximum absolute atomic E-state index is 9.86. The molecule has 1 aliphatic rings. The van der Waals surface area contributed by atoms with Crippen LogP contribution < -0.4 is 0 Å². The molecule has 0 spiro atoms. The van der Waals surface area contributed by atoms with E-state index in [1.54, 1.807) is 6.07 Å². The fraction of sp³-hybridized carbons (Fsp3) is 0.130. The number of halogens is 2. The number of hydrogen-bond acceptors (Lipinski definition) is 1. The number of rotatable bonds is 2. The third-order valence-electron chi connectivity index (χ3n) is 4.87. The van der Waals surface area contributed by atoms with Crippen LogP contribution >= 0.6 is 31.9 Å². The molecule has 3 aromatic rings. The molecular formula is C23H18Br2O. The monoisotopic (exact) mass is 468 g/mol. The highest BCUT2D eigenvalue weighted by atomic mass is 79.9. The lowest BCUT2D eigenvalue weighted by molar-refractivity contribution is 0.475. The van der Waals surface area contributed by atoms with Gasteiger partial charge in [-0.25, -0.2) is 0 Å². The van der Waals surface area contributed by atoms with Crippen LogP contribution in [0.1, 0.15) is 37.1 Å². The van der Waals surface area contributed by atoms with E-state index < -0.39 is 0 Å². The summed E-state index contributed by atoms with van der Waals surface area (Å²) >= 11 is 7.37. The summed E-state index contributed by atoms with van der Waals surface area (Å²) in [5, 5.41) is 9.86. The number of benzene rings is 3. The van der Waals surface area contributed by atoms with Crippen molar-refractivity contribution < 1.29 is 5.11 Å². The number of aromatic hydroxyl groups is 1. The summed E-state index contributed by atoms with van der Waals surface area (Å²) in [7, 11) is 0. The van der Waals surface area contributed by atoms with Gasteiger partial charge in [-0.2, -0.15) is 0 Å². The van der Waals surface area contributed by atoms with Gasteiger partial charge in [0, 0.05) is 0 Å². The Morgan fingerprint density at radius 2 is 1.62 bits per heavy atom. The number of phenolic OH excluding ortho intramolecular Hbond substituents is 1. The highest BCUT2D eigenvalue weighted by molar-refractivity contribution is 9.24. The van der Waals surface area contributed by atoms with E-state index in [0.717, 1.165) is 18.4 Å². The Balaban J connectivity index is 1.99. The maximum Gasteiger partial charge on any atom is 0.116 e. The molecule has 3 aromatic carbocycles. The Morgan fingerprint density at radius 3 is 2.42 bits per heavy atom. The van der Waals surface area contributed by atoms with Gasteiger partial charge in [0.05, 0.1) is 3.74 Å². The zero-order chi connectivity index (χ0) is 18.1. The molecule has 3 heteroatoms. The zero-order valence-electron chi connectivity index (χ0n) is 14.1. The number of alkyl halides is 2. The summed E-state index contributed by atoms with van der Waals surface area (Å²) in [6.07, 6.45) is 4.21. The molecule has 26 heavy (non-hydrogen) atoms. The summed E-state index contributed by atoms with van der Waals surface area (Å²) < 4.78 is 0.133. The van der Waals surface area contributed by atoms with Crippen LogP contribution in [0.4, 0.5) is 0 Å². The first kappa shape index (κ1) is 17.6. The molecule has 1 nitrogen and oxygen atoms in total. The molecular weight excluding hydrogens is 452 g/mol. The Morgan fingerprint density at radius 1 is 0.846 bits per heavy atom. The fourth-order valence-corrected chi connectivity index (χ4v) is 4.54. The second-order valence-electron chi connectivity index (χ2n) is 6.48. The van der Waals surface area contributed by atoms with Crippen molar-refractivity contribution in [2.24, 2.45) is 0 Å². The van der Waals surface area contributed by atoms with Gasteiger partial charge in [-0.05, 0) is 70.0 Å². The summed E-state index contributed by atoms with van der Waals surface area (Å²) in [4.78, 5) is 0. The molecule has 0 aliphatic heterocycles. The quantitative estimate of drug-likeness (QED) is 0.406. The van der Waals surface area contributed by atoms with Gasteiger partial charge in [-0.1, -0.05) is 86.5 Å². The molecule has 1 aliphatic carbocycles. The van der Waals surface area contributed by atoms with Crippen molar-refractivity contribution in [1.29, 1.82) is 0 Å². The van der Waals surface area contributed by atoms with E-state index >= 15 is 0 Å². The molecule has 0 saturated heterocycles. The van der Waals surface area contributed by atoms with Crippen LogP contribution in [0, 0.1) is 0 Å². The van der Waals surface area contributed by atoms with E-state index in [-0.39, 0.29) is 9.49 Å². The van der Waals surface area contributed by atoms with Gasteiger partial charge >= 0.3 is 0 Å². The molecule has 1 N–H and O–H groups in total. The van der Waals surface area contributed by atoms with E-state index in [9.17, 15) is 5.11 Å². The number of hydrogen-bond donors (Lipinski definition) is 1. The molecule has 0 atom stereocenters. The van der Waals surface area contributed by atoms with Crippen LogP contribution in [-0.4, -0.2) is 5.11 Å². The smallest absolute Gasteiger partial charge is 0.116 e. The molecule has 0 radical (unpaired) electrons. The van der Waals surface area contributed by atoms with Crippen molar-refractivity contribution in [3.63, 3.8) is 0 Å². The normalized spacial score (nSPS) is 14.8. The summed E-state index contributed by atoms with van der Waals surface area (Å²) in [5.41, 5.74) is 8.75. The molecule has 0 heterocycles. The van der Waals surface area contributed by atoms with Crippen LogP contribution in [0.2, 0.25) is 0 Å². The summed E-state index contributed by atoms with van der Waals surface area (Å²) in [5.74, 6) is 0.288. The van der Waals surface area contributed by atoms with Crippen molar-refractivity contribution in [3.8, 4) is 5.75 Å². The van der Waals surface area contributed by atoms with Crippen LogP contribution in [0.5, 0.6) is 5.75 Å². The van der Waals surface area contributed by atoms with Gasteiger partial charge in [-0.3, -0.25) is 0 Å². The van der Waals surface area contributed by atoms with Gasteiger partial charge < -0.3 is 5.11 Å². The Hall–Kier alpha value is -1.84. The number of aryl methyl sites for hydroxylation is 1. The fourth-order valence-electron chi connectivity index (χ4n) is 3.68. The molecule has 4 rings (SSSR count). The molecule has 0 fully saturated rings. The predicted octanol–water partition coefficient (Wildman–Crippen LogP) is 6.87. The third-order valence-corrected chi connectivity index (χ3v) is 5.86. The number of phenols is 1. The van der Waals surface area contributed by atoms with Crippen LogP contribution in [0.15, 0.2) is 66.7 Å². The highest BCUT2D eigenvalue weighted by Crippen LogP contribution is 2.40. The van der Waals surface area contributed by atoms with Crippen LogP contribution in [0.25, 0.3) is 11.6 Å². The predicted molar refractivity (Wildman–Crippen MR) is 116 cm³/mol. The molecule has 130 valence electrons. The van der Waals surface area contributed by atoms with Crippen molar-refractivity contribution in [2.75, 3.05) is 0 Å². The second-order valence-corrected chi connectivity index (χ2v) is 9.54. The molecule has 0 bridgehead atoms. The largest absolute Gasteiger partial charge is 0.508 e. The highest BCUT2D eigenvalue weighted by Gasteiger charge is 2.21. The zero-order valence-corrected chi connectivity index (χ0v) is 17.3. The van der Waals surface area contributed by atoms with E-state index in [1.165, 1.54) is 33.4 Å². The Kier molecular flexibility index (Phi) is 5.01. The van der Waals surface area contributed by atoms with Gasteiger partial charge in [0.1, 0.15) is 5.75 Å². The molecule has 0 aromatic heterocycles. The van der Waals surface area contributed by atoms with Gasteiger partial charge in [0.25, 0.3) is 0 Å². The van der Waals surface area contributed by atoms with E-state index in [4.69, 9.17) is 0 Å².